The van der Waals surface area contributed by atoms with Gasteiger partial charge in [-0.2, -0.15) is 0 Å². The van der Waals surface area contributed by atoms with Crippen molar-refractivity contribution in [1.29, 1.82) is 0 Å². The fourth-order valence-corrected chi connectivity index (χ4v) is 4.94. The lowest BCUT2D eigenvalue weighted by Gasteiger charge is -2.29. The van der Waals surface area contributed by atoms with E-state index in [0.717, 1.165) is 17.8 Å². The lowest BCUT2D eigenvalue weighted by molar-refractivity contribution is 1.10. The third-order valence-electron chi connectivity index (χ3n) is 7.32. The summed E-state index contributed by atoms with van der Waals surface area (Å²) in [6, 6.07) is 41.6. The van der Waals surface area contributed by atoms with Gasteiger partial charge in [0.2, 0.25) is 0 Å². The summed E-state index contributed by atoms with van der Waals surface area (Å²) in [4.78, 5) is 2.40. The van der Waals surface area contributed by atoms with Gasteiger partial charge in [-0.1, -0.05) is 133 Å². The van der Waals surface area contributed by atoms with E-state index < -0.39 is 0 Å². The summed E-state index contributed by atoms with van der Waals surface area (Å²) in [5.41, 5.74) is 13.5. The van der Waals surface area contributed by atoms with Crippen molar-refractivity contribution in [3.63, 3.8) is 0 Å². The fourth-order valence-electron chi connectivity index (χ4n) is 4.94. The molecule has 0 saturated carbocycles. The molecule has 0 aromatic heterocycles. The van der Waals surface area contributed by atoms with Gasteiger partial charge in [0, 0.05) is 11.4 Å². The van der Waals surface area contributed by atoms with Crippen LogP contribution in [0, 0.1) is 20.8 Å². The van der Waals surface area contributed by atoms with E-state index in [1.165, 1.54) is 50.2 Å². The Morgan fingerprint density at radius 2 is 0.850 bits per heavy atom. The Kier molecular flexibility index (Phi) is 8.42. The molecule has 1 nitrogen and oxygen atoms in total. The molecule has 0 aliphatic rings. The molecule has 40 heavy (non-hydrogen) atoms. The Morgan fingerprint density at radius 3 is 1.23 bits per heavy atom. The Hall–Kier alpha value is -4.62. The highest BCUT2D eigenvalue weighted by Gasteiger charge is 2.17. The van der Waals surface area contributed by atoms with Gasteiger partial charge in [-0.05, 0) is 84.8 Å². The summed E-state index contributed by atoms with van der Waals surface area (Å²) in [5.74, 6) is 0. The molecule has 0 aliphatic heterocycles. The summed E-state index contributed by atoms with van der Waals surface area (Å²) in [5, 5.41) is 0. The molecule has 0 saturated heterocycles. The molecule has 0 atom stereocenters. The monoisotopic (exact) mass is 519 g/mol. The Morgan fingerprint density at radius 1 is 0.475 bits per heavy atom. The average molecular weight is 520 g/mol. The number of nitrogens with zero attached hydrogens (tertiary/aromatic N) is 1. The van der Waals surface area contributed by atoms with Crippen LogP contribution in [0.2, 0.25) is 0 Å². The van der Waals surface area contributed by atoms with Crippen LogP contribution < -0.4 is 4.90 Å². The fraction of sp³-hybridized carbons (Fsp3) is 0.128. The van der Waals surface area contributed by atoms with Crippen LogP contribution in [0.25, 0.3) is 24.3 Å². The Balaban J connectivity index is 1.46. The van der Waals surface area contributed by atoms with Gasteiger partial charge < -0.3 is 4.90 Å². The molecule has 0 spiro atoms. The summed E-state index contributed by atoms with van der Waals surface area (Å²) in [6.07, 6.45) is 9.68. The molecule has 0 heterocycles. The second-order valence-electron chi connectivity index (χ2n) is 10.4. The van der Waals surface area contributed by atoms with E-state index in [1.807, 2.05) is 0 Å². The zero-order chi connectivity index (χ0) is 27.9. The van der Waals surface area contributed by atoms with Crippen LogP contribution in [0.1, 0.15) is 51.4 Å². The van der Waals surface area contributed by atoms with Crippen molar-refractivity contribution in [1.82, 2.24) is 0 Å². The van der Waals surface area contributed by atoms with Crippen LogP contribution in [0.15, 0.2) is 115 Å². The molecule has 5 aromatic carbocycles. The van der Waals surface area contributed by atoms with Crippen LogP contribution in [-0.2, 0) is 6.42 Å². The number of aryl methyl sites for hydroxylation is 4. The molecule has 1 heteroatoms. The minimum atomic E-state index is 0.974. The highest BCUT2D eigenvalue weighted by molar-refractivity contribution is 5.82. The number of para-hydroxylation sites is 1. The zero-order valence-electron chi connectivity index (χ0n) is 23.9. The average Bonchev–Trinajstić information content (AvgIpc) is 2.99. The van der Waals surface area contributed by atoms with Crippen LogP contribution in [0.3, 0.4) is 0 Å². The van der Waals surface area contributed by atoms with E-state index in [4.69, 9.17) is 0 Å². The van der Waals surface area contributed by atoms with Crippen molar-refractivity contribution in [3.8, 4) is 0 Å². The van der Waals surface area contributed by atoms with Gasteiger partial charge in [-0.25, -0.2) is 0 Å². The predicted octanol–water partition coefficient (Wildman–Crippen LogP) is 11.0. The Bertz CT molecular complexity index is 1500. The topological polar surface area (TPSA) is 3.24 Å². The lowest BCUT2D eigenvalue weighted by Crippen LogP contribution is -2.13. The van der Waals surface area contributed by atoms with E-state index in [1.54, 1.807) is 0 Å². The maximum Gasteiger partial charge on any atom is 0.0522 e. The third-order valence-corrected chi connectivity index (χ3v) is 7.32. The number of hydrogen-bond acceptors (Lipinski definition) is 1. The smallest absolute Gasteiger partial charge is 0.0522 e. The van der Waals surface area contributed by atoms with E-state index >= 15 is 0 Å². The van der Waals surface area contributed by atoms with Crippen molar-refractivity contribution in [2.45, 2.75) is 34.1 Å². The minimum Gasteiger partial charge on any atom is -0.310 e. The van der Waals surface area contributed by atoms with Gasteiger partial charge in [0.05, 0.1) is 5.69 Å². The number of hydrogen-bond donors (Lipinski definition) is 0. The molecule has 0 N–H and O–H groups in total. The molecule has 0 radical (unpaired) electrons. The van der Waals surface area contributed by atoms with Crippen LogP contribution in [-0.4, -0.2) is 0 Å². The summed E-state index contributed by atoms with van der Waals surface area (Å²) in [6.45, 7) is 8.67. The van der Waals surface area contributed by atoms with Crippen molar-refractivity contribution in [2.24, 2.45) is 0 Å². The summed E-state index contributed by atoms with van der Waals surface area (Å²) >= 11 is 0. The zero-order valence-corrected chi connectivity index (χ0v) is 23.9. The molecule has 0 amide bonds. The van der Waals surface area contributed by atoms with Gasteiger partial charge >= 0.3 is 0 Å². The second kappa shape index (κ2) is 12.5. The van der Waals surface area contributed by atoms with E-state index in [9.17, 15) is 0 Å². The first kappa shape index (κ1) is 27.0. The molecular weight excluding hydrogens is 482 g/mol. The standard InChI is InChI=1S/C39H37N/c1-5-36-8-6-7-31(4)39(36)40(37-25-21-34(22-26-37)19-17-32-13-9-29(2)10-14-32)38-27-23-35(24-28-38)20-18-33-15-11-30(3)12-16-33/h6-28H,5H2,1-4H3/b19-17+,20-18+. The van der Waals surface area contributed by atoms with Crippen LogP contribution in [0.5, 0.6) is 0 Å². The molecule has 0 unspecified atom stereocenters. The first-order valence-electron chi connectivity index (χ1n) is 14.1. The van der Waals surface area contributed by atoms with Crippen molar-refractivity contribution in [2.75, 3.05) is 4.90 Å². The van der Waals surface area contributed by atoms with Crippen LogP contribution >= 0.6 is 0 Å². The number of benzene rings is 5. The highest BCUT2D eigenvalue weighted by Crippen LogP contribution is 2.39. The first-order valence-corrected chi connectivity index (χ1v) is 14.1. The molecule has 0 bridgehead atoms. The van der Waals surface area contributed by atoms with Crippen LogP contribution in [0.4, 0.5) is 17.1 Å². The summed E-state index contributed by atoms with van der Waals surface area (Å²) in [7, 11) is 0. The van der Waals surface area contributed by atoms with E-state index in [2.05, 4.69) is 172 Å². The predicted molar refractivity (Wildman–Crippen MR) is 175 cm³/mol. The van der Waals surface area contributed by atoms with Crippen molar-refractivity contribution < 1.29 is 0 Å². The SMILES string of the molecule is CCc1cccc(C)c1N(c1ccc(/C=C/c2ccc(C)cc2)cc1)c1ccc(/C=C/c2ccc(C)cc2)cc1. The maximum atomic E-state index is 2.40. The second-order valence-corrected chi connectivity index (χ2v) is 10.4. The molecule has 5 aromatic rings. The van der Waals surface area contributed by atoms with E-state index in [-0.39, 0.29) is 0 Å². The lowest BCUT2D eigenvalue weighted by atomic mass is 10.0. The normalized spacial score (nSPS) is 11.4. The molecular formula is C39H37N. The largest absolute Gasteiger partial charge is 0.310 e. The quantitative estimate of drug-likeness (QED) is 0.184. The van der Waals surface area contributed by atoms with Gasteiger partial charge in [-0.3, -0.25) is 0 Å². The summed E-state index contributed by atoms with van der Waals surface area (Å²) < 4.78 is 0. The third kappa shape index (κ3) is 6.50. The van der Waals surface area contributed by atoms with Gasteiger partial charge in [-0.15, -0.1) is 0 Å². The van der Waals surface area contributed by atoms with Gasteiger partial charge in [0.15, 0.2) is 0 Å². The van der Waals surface area contributed by atoms with Crippen molar-refractivity contribution in [3.05, 3.63) is 160 Å². The molecule has 0 fully saturated rings. The maximum absolute atomic E-state index is 2.40. The molecule has 5 rings (SSSR count). The molecule has 198 valence electrons. The van der Waals surface area contributed by atoms with Gasteiger partial charge in [0.25, 0.3) is 0 Å². The van der Waals surface area contributed by atoms with Gasteiger partial charge in [0.1, 0.15) is 0 Å². The highest BCUT2D eigenvalue weighted by atomic mass is 15.1. The number of anilines is 3. The van der Waals surface area contributed by atoms with E-state index in [0.29, 0.717) is 0 Å². The number of rotatable bonds is 8. The van der Waals surface area contributed by atoms with Crippen molar-refractivity contribution >= 4 is 41.4 Å². The minimum absolute atomic E-state index is 0.974. The Labute approximate surface area is 239 Å². The first-order chi connectivity index (χ1) is 19.5. The molecule has 0 aliphatic carbocycles.